The van der Waals surface area contributed by atoms with Crippen molar-refractivity contribution in [2.24, 2.45) is 0 Å². The molecule has 1 N–H and O–H groups in total. The van der Waals surface area contributed by atoms with Gasteiger partial charge in [0, 0.05) is 5.69 Å². The number of thioether (sulfide) groups is 1. The standard InChI is InChI=1S/C19H16F3N3O3S/c1-12-5-2-3-8-15(12)27-10-17-24-25-18(28-17)29-11-16(26)23-14-7-4-6-13(9-14)19(20,21)22/h2-9H,10-11H2,1H3,(H,23,26). The Morgan fingerprint density at radius 1 is 1.17 bits per heavy atom. The van der Waals surface area contributed by atoms with Crippen LogP contribution in [0.5, 0.6) is 5.75 Å². The SMILES string of the molecule is Cc1ccccc1OCc1nnc(SCC(=O)Nc2cccc(C(F)(F)F)c2)o1. The van der Waals surface area contributed by atoms with Gasteiger partial charge >= 0.3 is 6.18 Å². The number of hydrogen-bond acceptors (Lipinski definition) is 6. The van der Waals surface area contributed by atoms with Crippen LogP contribution < -0.4 is 10.1 Å². The summed E-state index contributed by atoms with van der Waals surface area (Å²) in [7, 11) is 0. The first-order valence-electron chi connectivity index (χ1n) is 8.42. The second-order valence-electron chi connectivity index (χ2n) is 5.93. The molecule has 0 saturated carbocycles. The number of hydrogen-bond donors (Lipinski definition) is 1. The normalized spacial score (nSPS) is 11.3. The van der Waals surface area contributed by atoms with E-state index in [0.717, 1.165) is 29.5 Å². The summed E-state index contributed by atoms with van der Waals surface area (Å²) < 4.78 is 49.1. The molecule has 0 aliphatic carbocycles. The van der Waals surface area contributed by atoms with Crippen molar-refractivity contribution in [2.45, 2.75) is 24.9 Å². The van der Waals surface area contributed by atoms with Crippen molar-refractivity contribution in [1.29, 1.82) is 0 Å². The van der Waals surface area contributed by atoms with Crippen molar-refractivity contribution in [3.63, 3.8) is 0 Å². The Balaban J connectivity index is 1.49. The van der Waals surface area contributed by atoms with Gasteiger partial charge in [0.2, 0.25) is 5.91 Å². The predicted octanol–water partition coefficient (Wildman–Crippen LogP) is 4.71. The molecule has 0 unspecified atom stereocenters. The number of carbonyl (C=O) groups is 1. The summed E-state index contributed by atoms with van der Waals surface area (Å²) in [6.45, 7) is 1.99. The molecular weight excluding hydrogens is 407 g/mol. The molecule has 2 aromatic carbocycles. The van der Waals surface area contributed by atoms with Gasteiger partial charge in [0.05, 0.1) is 11.3 Å². The molecule has 0 fully saturated rings. The third-order valence-corrected chi connectivity index (χ3v) is 4.51. The number of nitrogens with one attached hydrogen (secondary N) is 1. The summed E-state index contributed by atoms with van der Waals surface area (Å²) in [6.07, 6.45) is -4.48. The third kappa shape index (κ3) is 5.98. The van der Waals surface area contributed by atoms with E-state index in [1.54, 1.807) is 0 Å². The average Bonchev–Trinajstić information content (AvgIpc) is 3.13. The number of halogens is 3. The molecule has 0 aliphatic rings. The van der Waals surface area contributed by atoms with E-state index >= 15 is 0 Å². The van der Waals surface area contributed by atoms with E-state index in [1.807, 2.05) is 31.2 Å². The van der Waals surface area contributed by atoms with Crippen molar-refractivity contribution in [3.8, 4) is 5.75 Å². The van der Waals surface area contributed by atoms with Gasteiger partial charge in [-0.15, -0.1) is 10.2 Å². The van der Waals surface area contributed by atoms with E-state index in [9.17, 15) is 18.0 Å². The van der Waals surface area contributed by atoms with Crippen LogP contribution >= 0.6 is 11.8 Å². The van der Waals surface area contributed by atoms with Crippen LogP contribution in [0, 0.1) is 6.92 Å². The molecular formula is C19H16F3N3O3S. The number of amides is 1. The summed E-state index contributed by atoms with van der Waals surface area (Å²) in [5.74, 6) is 0.343. The Hall–Kier alpha value is -3.01. The first-order valence-corrected chi connectivity index (χ1v) is 9.40. The van der Waals surface area contributed by atoms with Gasteiger partial charge in [-0.25, -0.2) is 0 Å². The average molecular weight is 423 g/mol. The Labute approximate surface area is 168 Å². The maximum atomic E-state index is 12.7. The Kier molecular flexibility index (Phi) is 6.42. The molecule has 10 heteroatoms. The summed E-state index contributed by atoms with van der Waals surface area (Å²) in [5, 5.41) is 10.2. The molecule has 3 rings (SSSR count). The first-order chi connectivity index (χ1) is 13.8. The van der Waals surface area contributed by atoms with E-state index in [2.05, 4.69) is 15.5 Å². The fourth-order valence-corrected chi connectivity index (χ4v) is 2.89. The Morgan fingerprint density at radius 2 is 1.97 bits per heavy atom. The second-order valence-corrected chi connectivity index (χ2v) is 6.86. The summed E-state index contributed by atoms with van der Waals surface area (Å²) in [4.78, 5) is 12.0. The molecule has 3 aromatic rings. The largest absolute Gasteiger partial charge is 0.484 e. The van der Waals surface area contributed by atoms with E-state index < -0.39 is 17.6 Å². The molecule has 0 spiro atoms. The highest BCUT2D eigenvalue weighted by Crippen LogP contribution is 2.30. The lowest BCUT2D eigenvalue weighted by atomic mass is 10.2. The van der Waals surface area contributed by atoms with Crippen molar-refractivity contribution < 1.29 is 27.1 Å². The maximum Gasteiger partial charge on any atom is 0.416 e. The molecule has 6 nitrogen and oxygen atoms in total. The maximum absolute atomic E-state index is 12.7. The van der Waals surface area contributed by atoms with Crippen LogP contribution in [0.25, 0.3) is 0 Å². The van der Waals surface area contributed by atoms with Gasteiger partial charge in [-0.05, 0) is 36.8 Å². The van der Waals surface area contributed by atoms with Gasteiger partial charge in [0.25, 0.3) is 11.1 Å². The molecule has 0 bridgehead atoms. The molecule has 0 radical (unpaired) electrons. The number of benzene rings is 2. The molecule has 1 amide bonds. The molecule has 1 heterocycles. The van der Waals surface area contributed by atoms with Crippen LogP contribution in [0.4, 0.5) is 18.9 Å². The smallest absolute Gasteiger partial charge is 0.416 e. The molecule has 0 aliphatic heterocycles. The van der Waals surface area contributed by atoms with E-state index in [1.165, 1.54) is 12.1 Å². The minimum Gasteiger partial charge on any atom is -0.484 e. The van der Waals surface area contributed by atoms with Gasteiger partial charge in [0.1, 0.15) is 5.75 Å². The minimum absolute atomic E-state index is 0.0586. The van der Waals surface area contributed by atoms with Gasteiger partial charge in [-0.3, -0.25) is 4.79 Å². The highest BCUT2D eigenvalue weighted by Gasteiger charge is 2.30. The molecule has 1 aromatic heterocycles. The number of aryl methyl sites for hydroxylation is 1. The van der Waals surface area contributed by atoms with E-state index in [-0.39, 0.29) is 29.2 Å². The van der Waals surface area contributed by atoms with Gasteiger partial charge in [0.15, 0.2) is 6.61 Å². The van der Waals surface area contributed by atoms with Crippen molar-refractivity contribution in [3.05, 3.63) is 65.5 Å². The van der Waals surface area contributed by atoms with Crippen LogP contribution in [0.3, 0.4) is 0 Å². The third-order valence-electron chi connectivity index (χ3n) is 3.69. The van der Waals surface area contributed by atoms with Gasteiger partial charge in [-0.1, -0.05) is 36.0 Å². The first kappa shape index (κ1) is 20.7. The highest BCUT2D eigenvalue weighted by atomic mass is 32.2. The molecule has 152 valence electrons. The van der Waals surface area contributed by atoms with E-state index in [0.29, 0.717) is 5.75 Å². The number of alkyl halides is 3. The molecule has 29 heavy (non-hydrogen) atoms. The Morgan fingerprint density at radius 3 is 2.72 bits per heavy atom. The van der Waals surface area contributed by atoms with Crippen LogP contribution in [0.1, 0.15) is 17.0 Å². The van der Waals surface area contributed by atoms with Crippen LogP contribution in [-0.4, -0.2) is 21.9 Å². The molecule has 0 atom stereocenters. The van der Waals surface area contributed by atoms with Crippen molar-refractivity contribution in [2.75, 3.05) is 11.1 Å². The number of para-hydroxylation sites is 1. The number of aromatic nitrogens is 2. The fraction of sp³-hybridized carbons (Fsp3) is 0.211. The van der Waals surface area contributed by atoms with Crippen LogP contribution in [-0.2, 0) is 17.6 Å². The minimum atomic E-state index is -4.48. The number of carbonyl (C=O) groups excluding carboxylic acids is 1. The second kappa shape index (κ2) is 8.99. The summed E-state index contributed by atoms with van der Waals surface area (Å²) >= 11 is 0.973. The van der Waals surface area contributed by atoms with E-state index in [4.69, 9.17) is 9.15 Å². The molecule has 0 saturated heterocycles. The number of anilines is 1. The number of ether oxygens (including phenoxy) is 1. The lowest BCUT2D eigenvalue weighted by molar-refractivity contribution is -0.137. The van der Waals surface area contributed by atoms with Crippen molar-refractivity contribution in [1.82, 2.24) is 10.2 Å². The quantitative estimate of drug-likeness (QED) is 0.555. The van der Waals surface area contributed by atoms with Gasteiger partial charge < -0.3 is 14.5 Å². The Bertz CT molecular complexity index is 992. The lowest BCUT2D eigenvalue weighted by Gasteiger charge is -2.09. The zero-order valence-electron chi connectivity index (χ0n) is 15.2. The fourth-order valence-electron chi connectivity index (χ4n) is 2.31. The monoisotopic (exact) mass is 423 g/mol. The number of rotatable bonds is 7. The van der Waals surface area contributed by atoms with Crippen LogP contribution in [0.2, 0.25) is 0 Å². The topological polar surface area (TPSA) is 77.2 Å². The summed E-state index contributed by atoms with van der Waals surface area (Å²) in [6, 6.07) is 11.9. The lowest BCUT2D eigenvalue weighted by Crippen LogP contribution is -2.15. The van der Waals surface area contributed by atoms with Crippen molar-refractivity contribution >= 4 is 23.4 Å². The zero-order valence-corrected chi connectivity index (χ0v) is 16.0. The highest BCUT2D eigenvalue weighted by molar-refractivity contribution is 7.99. The van der Waals surface area contributed by atoms with Crippen LogP contribution in [0.15, 0.2) is 58.2 Å². The zero-order chi connectivity index (χ0) is 20.9. The predicted molar refractivity (Wildman–Crippen MR) is 101 cm³/mol. The number of nitrogens with zero attached hydrogens (tertiary/aromatic N) is 2. The summed E-state index contributed by atoms with van der Waals surface area (Å²) in [5.41, 5.74) is 0.189. The van der Waals surface area contributed by atoms with Gasteiger partial charge in [-0.2, -0.15) is 13.2 Å².